The summed E-state index contributed by atoms with van der Waals surface area (Å²) in [5.41, 5.74) is 3.58. The van der Waals surface area contributed by atoms with Crippen molar-refractivity contribution in [1.82, 2.24) is 19.7 Å². The lowest BCUT2D eigenvalue weighted by Crippen LogP contribution is -2.24. The van der Waals surface area contributed by atoms with E-state index in [0.717, 1.165) is 34.2 Å². The number of anilines is 2. The third-order valence-corrected chi connectivity index (χ3v) is 4.62. The monoisotopic (exact) mass is 348 g/mol. The minimum Gasteiger partial charge on any atom is -0.363 e. The van der Waals surface area contributed by atoms with Crippen molar-refractivity contribution in [2.75, 3.05) is 24.3 Å². The molecule has 0 aromatic carbocycles. The van der Waals surface area contributed by atoms with Crippen molar-refractivity contribution >= 4 is 17.5 Å². The summed E-state index contributed by atoms with van der Waals surface area (Å²) in [7, 11) is 5.74. The van der Waals surface area contributed by atoms with Crippen molar-refractivity contribution < 1.29 is 4.79 Å². The van der Waals surface area contributed by atoms with Gasteiger partial charge < -0.3 is 10.2 Å². The molecular weight excluding hydrogens is 328 g/mol. The maximum Gasteiger partial charge on any atom is 0.226 e. The van der Waals surface area contributed by atoms with Crippen LogP contribution in [0.3, 0.4) is 0 Å². The fourth-order valence-corrected chi connectivity index (χ4v) is 3.33. The molecule has 4 rings (SSSR count). The molecule has 4 heterocycles. The second-order valence-electron chi connectivity index (χ2n) is 6.60. The number of nitrogens with one attached hydrogen (secondary N) is 1. The van der Waals surface area contributed by atoms with Crippen LogP contribution in [0.2, 0.25) is 0 Å². The van der Waals surface area contributed by atoms with Gasteiger partial charge in [-0.1, -0.05) is 12.1 Å². The van der Waals surface area contributed by atoms with Crippen LogP contribution in [0, 0.1) is 0 Å². The number of aromatic nitrogens is 4. The topological polar surface area (TPSA) is 75.9 Å². The lowest BCUT2D eigenvalue weighted by atomic mass is 9.86. The maximum absolute atomic E-state index is 12.3. The minimum absolute atomic E-state index is 0.0187. The largest absolute Gasteiger partial charge is 0.363 e. The van der Waals surface area contributed by atoms with Crippen LogP contribution in [-0.2, 0) is 11.8 Å². The van der Waals surface area contributed by atoms with E-state index >= 15 is 0 Å². The summed E-state index contributed by atoms with van der Waals surface area (Å²) in [6, 6.07) is 9.75. The van der Waals surface area contributed by atoms with Gasteiger partial charge in [-0.15, -0.1) is 0 Å². The Balaban J connectivity index is 1.85. The van der Waals surface area contributed by atoms with E-state index in [0.29, 0.717) is 6.42 Å². The molecule has 1 amide bonds. The van der Waals surface area contributed by atoms with E-state index < -0.39 is 0 Å². The van der Waals surface area contributed by atoms with Gasteiger partial charge in [-0.05, 0) is 23.8 Å². The van der Waals surface area contributed by atoms with E-state index in [1.165, 1.54) is 0 Å². The average molecular weight is 348 g/mol. The van der Waals surface area contributed by atoms with Crippen molar-refractivity contribution in [2.45, 2.75) is 12.3 Å². The Kier molecular flexibility index (Phi) is 3.91. The summed E-state index contributed by atoms with van der Waals surface area (Å²) >= 11 is 0. The SMILES string of the molecule is CN(C)c1ccc(C2CC(=O)Nc3c2c(-c2ccccn2)nn3C)cn1. The first-order valence-electron chi connectivity index (χ1n) is 8.46. The average Bonchev–Trinajstić information content (AvgIpc) is 2.98. The zero-order valence-electron chi connectivity index (χ0n) is 15.0. The molecule has 26 heavy (non-hydrogen) atoms. The molecule has 0 bridgehead atoms. The summed E-state index contributed by atoms with van der Waals surface area (Å²) in [6.07, 6.45) is 3.96. The first-order chi connectivity index (χ1) is 12.5. The number of amides is 1. The van der Waals surface area contributed by atoms with Crippen molar-refractivity contribution in [2.24, 2.45) is 7.05 Å². The molecule has 0 radical (unpaired) electrons. The molecule has 7 nitrogen and oxygen atoms in total. The van der Waals surface area contributed by atoms with E-state index in [4.69, 9.17) is 0 Å². The summed E-state index contributed by atoms with van der Waals surface area (Å²) in [6.45, 7) is 0. The molecule has 1 aliphatic heterocycles. The van der Waals surface area contributed by atoms with Crippen LogP contribution >= 0.6 is 0 Å². The number of hydrogen-bond acceptors (Lipinski definition) is 5. The number of aryl methyl sites for hydroxylation is 1. The zero-order chi connectivity index (χ0) is 18.3. The molecule has 0 fully saturated rings. The number of hydrogen-bond donors (Lipinski definition) is 1. The van der Waals surface area contributed by atoms with E-state index in [9.17, 15) is 4.79 Å². The molecule has 7 heteroatoms. The molecule has 1 aliphatic rings. The Hall–Kier alpha value is -3.22. The molecular formula is C19H20N6O. The molecule has 1 N–H and O–H groups in total. The molecule has 1 unspecified atom stereocenters. The fourth-order valence-electron chi connectivity index (χ4n) is 3.33. The number of fused-ring (bicyclic) bond motifs is 1. The van der Waals surface area contributed by atoms with Gasteiger partial charge in [0.25, 0.3) is 0 Å². The second-order valence-corrected chi connectivity index (χ2v) is 6.60. The predicted molar refractivity (Wildman–Crippen MR) is 100 cm³/mol. The van der Waals surface area contributed by atoms with Gasteiger partial charge in [-0.3, -0.25) is 14.5 Å². The molecule has 132 valence electrons. The Morgan fingerprint density at radius 3 is 2.69 bits per heavy atom. The van der Waals surface area contributed by atoms with Crippen molar-refractivity contribution in [3.05, 3.63) is 53.9 Å². The van der Waals surface area contributed by atoms with E-state index in [2.05, 4.69) is 20.4 Å². The molecule has 3 aromatic heterocycles. The number of nitrogens with zero attached hydrogens (tertiary/aromatic N) is 5. The van der Waals surface area contributed by atoms with Gasteiger partial charge in [0.15, 0.2) is 0 Å². The highest BCUT2D eigenvalue weighted by molar-refractivity contribution is 5.96. The third-order valence-electron chi connectivity index (χ3n) is 4.62. The van der Waals surface area contributed by atoms with Gasteiger partial charge in [0.2, 0.25) is 5.91 Å². The number of rotatable bonds is 3. The van der Waals surface area contributed by atoms with Crippen molar-refractivity contribution in [3.8, 4) is 11.4 Å². The molecule has 0 saturated carbocycles. The van der Waals surface area contributed by atoms with Gasteiger partial charge in [0.1, 0.15) is 17.3 Å². The zero-order valence-corrected chi connectivity index (χ0v) is 15.0. The van der Waals surface area contributed by atoms with Crippen LogP contribution in [0.1, 0.15) is 23.5 Å². The van der Waals surface area contributed by atoms with E-state index in [-0.39, 0.29) is 11.8 Å². The number of carbonyl (C=O) groups is 1. The van der Waals surface area contributed by atoms with Gasteiger partial charge in [0, 0.05) is 51.4 Å². The fraction of sp³-hybridized carbons (Fsp3) is 0.263. The van der Waals surface area contributed by atoms with Gasteiger partial charge in [-0.2, -0.15) is 5.10 Å². The quantitative estimate of drug-likeness (QED) is 0.787. The van der Waals surface area contributed by atoms with Gasteiger partial charge in [0.05, 0.1) is 5.69 Å². The van der Waals surface area contributed by atoms with Crippen LogP contribution in [0.4, 0.5) is 11.6 Å². The molecule has 3 aromatic rings. The first-order valence-corrected chi connectivity index (χ1v) is 8.46. The Morgan fingerprint density at radius 1 is 1.19 bits per heavy atom. The highest BCUT2D eigenvalue weighted by Crippen LogP contribution is 2.42. The van der Waals surface area contributed by atoms with E-state index in [1.54, 1.807) is 10.9 Å². The summed E-state index contributed by atoms with van der Waals surface area (Å²) in [5.74, 6) is 1.48. The van der Waals surface area contributed by atoms with Crippen LogP contribution in [-0.4, -0.2) is 39.8 Å². The number of carbonyl (C=O) groups excluding carboxylic acids is 1. The molecule has 0 aliphatic carbocycles. The Morgan fingerprint density at radius 2 is 2.04 bits per heavy atom. The van der Waals surface area contributed by atoms with E-state index in [1.807, 2.05) is 62.6 Å². The predicted octanol–water partition coefficient (Wildman–Crippen LogP) is 2.42. The first kappa shape index (κ1) is 16.3. The van der Waals surface area contributed by atoms with Gasteiger partial charge in [-0.25, -0.2) is 4.98 Å². The second kappa shape index (κ2) is 6.25. The molecule has 0 spiro atoms. The highest BCUT2D eigenvalue weighted by atomic mass is 16.1. The molecule has 1 atom stereocenters. The smallest absolute Gasteiger partial charge is 0.226 e. The normalized spacial score (nSPS) is 16.1. The lowest BCUT2D eigenvalue weighted by Gasteiger charge is -2.24. The van der Waals surface area contributed by atoms with Crippen LogP contribution in [0.15, 0.2) is 42.7 Å². The lowest BCUT2D eigenvalue weighted by molar-refractivity contribution is -0.116. The summed E-state index contributed by atoms with van der Waals surface area (Å²) in [5, 5.41) is 7.58. The Bertz CT molecular complexity index is 946. The van der Waals surface area contributed by atoms with Crippen molar-refractivity contribution in [1.29, 1.82) is 0 Å². The standard InChI is InChI=1S/C19H20N6O/c1-24(2)15-8-7-12(11-21-15)13-10-16(26)22-19-17(13)18(23-25(19)3)14-6-4-5-9-20-14/h4-9,11,13H,10H2,1-3H3,(H,22,26). The Labute approximate surface area is 151 Å². The van der Waals surface area contributed by atoms with Crippen LogP contribution in [0.25, 0.3) is 11.4 Å². The summed E-state index contributed by atoms with van der Waals surface area (Å²) in [4.78, 5) is 23.2. The highest BCUT2D eigenvalue weighted by Gasteiger charge is 2.33. The summed E-state index contributed by atoms with van der Waals surface area (Å²) < 4.78 is 1.71. The number of pyridine rings is 2. The van der Waals surface area contributed by atoms with Crippen LogP contribution < -0.4 is 10.2 Å². The maximum atomic E-state index is 12.3. The van der Waals surface area contributed by atoms with Crippen LogP contribution in [0.5, 0.6) is 0 Å². The minimum atomic E-state index is -0.104. The van der Waals surface area contributed by atoms with Gasteiger partial charge >= 0.3 is 0 Å². The third kappa shape index (κ3) is 2.71. The molecule has 0 saturated heterocycles. The van der Waals surface area contributed by atoms with Crippen molar-refractivity contribution in [3.63, 3.8) is 0 Å².